The third-order valence-corrected chi connectivity index (χ3v) is 1.52. The van der Waals surface area contributed by atoms with Gasteiger partial charge >= 0.3 is 5.97 Å². The number of hydrogen-bond acceptors (Lipinski definition) is 3. The monoisotopic (exact) mass is 236 g/mol. The summed E-state index contributed by atoms with van der Waals surface area (Å²) < 4.78 is 0.818. The van der Waals surface area contributed by atoms with E-state index in [1.165, 1.54) is 0 Å². The van der Waals surface area contributed by atoms with Crippen LogP contribution < -0.4 is 17.9 Å². The minimum atomic E-state index is -0.404. The molecule has 0 saturated carbocycles. The second-order valence-electron chi connectivity index (χ2n) is 4.66. The molecule has 5 heteroatoms. The van der Waals surface area contributed by atoms with Gasteiger partial charge in [-0.1, -0.05) is 6.58 Å². The molecular weight excluding hydrogens is 216 g/mol. The highest BCUT2D eigenvalue weighted by atomic mass is 35.5. The molecule has 0 amide bonds. The standard InChI is InChI=1S/C10H21N2O2.ClH/c1-8(2)10(13)14-11-9(3)7-12(4,5)6;/h9,11H,1,7H2,2-6H3;1H/q+1;/p-1. The molecule has 0 spiro atoms. The molecular formula is C10H21ClN2O2. The Morgan fingerprint density at radius 1 is 1.47 bits per heavy atom. The molecule has 0 aromatic carbocycles. The van der Waals surface area contributed by atoms with Crippen LogP contribution in [0.2, 0.25) is 0 Å². The third-order valence-electron chi connectivity index (χ3n) is 1.52. The van der Waals surface area contributed by atoms with E-state index in [0.29, 0.717) is 5.57 Å². The molecule has 0 heterocycles. The number of nitrogens with zero attached hydrogens (tertiary/aromatic N) is 1. The second-order valence-corrected chi connectivity index (χ2v) is 4.66. The van der Waals surface area contributed by atoms with Crippen molar-refractivity contribution in [1.82, 2.24) is 5.48 Å². The molecule has 0 aromatic rings. The first-order chi connectivity index (χ1) is 6.22. The molecule has 15 heavy (non-hydrogen) atoms. The van der Waals surface area contributed by atoms with Crippen LogP contribution in [0.1, 0.15) is 13.8 Å². The van der Waals surface area contributed by atoms with Crippen LogP contribution in [0.3, 0.4) is 0 Å². The zero-order valence-corrected chi connectivity index (χ0v) is 10.9. The van der Waals surface area contributed by atoms with Crippen LogP contribution in [-0.4, -0.2) is 44.2 Å². The number of hydroxylamine groups is 1. The van der Waals surface area contributed by atoms with Crippen LogP contribution in [-0.2, 0) is 9.63 Å². The number of rotatable bonds is 5. The fraction of sp³-hybridized carbons (Fsp3) is 0.700. The van der Waals surface area contributed by atoms with E-state index in [9.17, 15) is 4.79 Å². The van der Waals surface area contributed by atoms with Crippen molar-refractivity contribution >= 4 is 5.97 Å². The average Bonchev–Trinajstić information content (AvgIpc) is 1.96. The van der Waals surface area contributed by atoms with Gasteiger partial charge in [0.2, 0.25) is 0 Å². The van der Waals surface area contributed by atoms with Gasteiger partial charge in [-0.25, -0.2) is 4.79 Å². The Hall–Kier alpha value is -0.580. The van der Waals surface area contributed by atoms with Crippen molar-refractivity contribution < 1.29 is 26.5 Å². The van der Waals surface area contributed by atoms with Crippen molar-refractivity contribution in [2.45, 2.75) is 19.9 Å². The summed E-state index contributed by atoms with van der Waals surface area (Å²) in [6.45, 7) is 7.95. The average molecular weight is 237 g/mol. The highest BCUT2D eigenvalue weighted by molar-refractivity contribution is 5.86. The van der Waals surface area contributed by atoms with Gasteiger partial charge in [-0.3, -0.25) is 0 Å². The Morgan fingerprint density at radius 3 is 2.27 bits per heavy atom. The maximum absolute atomic E-state index is 11.0. The minimum Gasteiger partial charge on any atom is -1.00 e. The highest BCUT2D eigenvalue weighted by Gasteiger charge is 2.15. The lowest BCUT2D eigenvalue weighted by Crippen LogP contribution is -3.00. The molecule has 0 aliphatic heterocycles. The van der Waals surface area contributed by atoms with Crippen LogP contribution in [0.15, 0.2) is 12.2 Å². The number of carbonyl (C=O) groups is 1. The number of halogens is 1. The van der Waals surface area contributed by atoms with Gasteiger partial charge in [0.25, 0.3) is 0 Å². The summed E-state index contributed by atoms with van der Waals surface area (Å²) >= 11 is 0. The van der Waals surface area contributed by atoms with Crippen LogP contribution >= 0.6 is 0 Å². The zero-order valence-electron chi connectivity index (χ0n) is 10.1. The van der Waals surface area contributed by atoms with E-state index in [2.05, 4.69) is 33.2 Å². The molecule has 0 rings (SSSR count). The fourth-order valence-electron chi connectivity index (χ4n) is 1.10. The number of nitrogens with one attached hydrogen (secondary N) is 1. The van der Waals surface area contributed by atoms with E-state index in [1.54, 1.807) is 6.92 Å². The summed E-state index contributed by atoms with van der Waals surface area (Å²) in [4.78, 5) is 15.8. The second kappa shape index (κ2) is 6.82. The van der Waals surface area contributed by atoms with Gasteiger partial charge in [-0.2, -0.15) is 0 Å². The van der Waals surface area contributed by atoms with E-state index in [0.717, 1.165) is 11.0 Å². The van der Waals surface area contributed by atoms with Crippen LogP contribution in [0.25, 0.3) is 0 Å². The number of hydrogen-bond donors (Lipinski definition) is 1. The Morgan fingerprint density at radius 2 is 1.93 bits per heavy atom. The Bertz CT molecular complexity index is 224. The van der Waals surface area contributed by atoms with Crippen molar-refractivity contribution in [3.8, 4) is 0 Å². The Balaban J connectivity index is 0. The fourth-order valence-corrected chi connectivity index (χ4v) is 1.10. The highest BCUT2D eigenvalue weighted by Crippen LogP contribution is 1.96. The van der Waals surface area contributed by atoms with Gasteiger partial charge in [0.1, 0.15) is 0 Å². The molecule has 0 fully saturated rings. The quantitative estimate of drug-likeness (QED) is 0.332. The predicted molar refractivity (Wildman–Crippen MR) is 56.4 cm³/mol. The Labute approximate surface area is 98.2 Å². The molecule has 1 N–H and O–H groups in total. The van der Waals surface area contributed by atoms with E-state index in [4.69, 9.17) is 4.84 Å². The molecule has 4 nitrogen and oxygen atoms in total. The molecule has 90 valence electrons. The molecule has 1 unspecified atom stereocenters. The molecule has 0 aliphatic rings. The van der Waals surface area contributed by atoms with Crippen LogP contribution in [0, 0.1) is 0 Å². The summed E-state index contributed by atoms with van der Waals surface area (Å²) in [5, 5.41) is 0. The molecule has 0 saturated heterocycles. The Kier molecular flexibility index (Phi) is 7.66. The molecule has 1 atom stereocenters. The van der Waals surface area contributed by atoms with Gasteiger partial charge in [0, 0.05) is 5.57 Å². The number of quaternary nitrogens is 1. The van der Waals surface area contributed by atoms with E-state index < -0.39 is 5.97 Å². The van der Waals surface area contributed by atoms with E-state index >= 15 is 0 Å². The smallest absolute Gasteiger partial charge is 0.351 e. The first-order valence-electron chi connectivity index (χ1n) is 4.65. The summed E-state index contributed by atoms with van der Waals surface area (Å²) in [7, 11) is 6.25. The lowest BCUT2D eigenvalue weighted by molar-refractivity contribution is -0.871. The van der Waals surface area contributed by atoms with E-state index in [1.807, 2.05) is 6.92 Å². The summed E-state index contributed by atoms with van der Waals surface area (Å²) in [6.07, 6.45) is 0. The minimum absolute atomic E-state index is 0. The largest absolute Gasteiger partial charge is 1.00 e. The third kappa shape index (κ3) is 9.72. The van der Waals surface area contributed by atoms with Crippen molar-refractivity contribution in [3.05, 3.63) is 12.2 Å². The molecule has 0 aliphatic carbocycles. The van der Waals surface area contributed by atoms with Crippen molar-refractivity contribution in [2.24, 2.45) is 0 Å². The first-order valence-corrected chi connectivity index (χ1v) is 4.65. The lowest BCUT2D eigenvalue weighted by atomic mass is 10.3. The molecule has 0 aromatic heterocycles. The van der Waals surface area contributed by atoms with Gasteiger partial charge < -0.3 is 21.7 Å². The maximum atomic E-state index is 11.0. The molecule has 0 bridgehead atoms. The van der Waals surface area contributed by atoms with Gasteiger partial charge in [-0.05, 0) is 13.8 Å². The number of likely N-dealkylation sites (N-methyl/N-ethyl adjacent to an activating group) is 1. The van der Waals surface area contributed by atoms with Crippen molar-refractivity contribution in [1.29, 1.82) is 0 Å². The van der Waals surface area contributed by atoms with Crippen LogP contribution in [0.4, 0.5) is 0 Å². The first kappa shape index (κ1) is 16.8. The summed E-state index contributed by atoms with van der Waals surface area (Å²) in [6, 6.07) is 0.123. The lowest BCUT2D eigenvalue weighted by Gasteiger charge is -2.27. The topological polar surface area (TPSA) is 38.3 Å². The van der Waals surface area contributed by atoms with Crippen molar-refractivity contribution in [2.75, 3.05) is 27.7 Å². The van der Waals surface area contributed by atoms with Gasteiger partial charge in [-0.15, -0.1) is 5.48 Å². The van der Waals surface area contributed by atoms with Gasteiger partial charge in [0.05, 0.1) is 33.7 Å². The van der Waals surface area contributed by atoms with Crippen molar-refractivity contribution in [3.63, 3.8) is 0 Å². The summed E-state index contributed by atoms with van der Waals surface area (Å²) in [5.74, 6) is -0.404. The molecule has 0 radical (unpaired) electrons. The maximum Gasteiger partial charge on any atom is 0.351 e. The summed E-state index contributed by atoms with van der Waals surface area (Å²) in [5.41, 5.74) is 3.09. The van der Waals surface area contributed by atoms with Crippen LogP contribution in [0.5, 0.6) is 0 Å². The SMILES string of the molecule is C=C(C)C(=O)ONC(C)C[N+](C)(C)C.[Cl-]. The zero-order chi connectivity index (χ0) is 11.4. The normalized spacial score (nSPS) is 12.6. The van der Waals surface area contributed by atoms with E-state index in [-0.39, 0.29) is 18.4 Å². The number of carbonyl (C=O) groups excluding carboxylic acids is 1. The predicted octanol–water partition coefficient (Wildman–Crippen LogP) is -2.29. The van der Waals surface area contributed by atoms with Gasteiger partial charge in [0.15, 0.2) is 0 Å².